The van der Waals surface area contributed by atoms with Crippen LogP contribution in [0.2, 0.25) is 0 Å². The van der Waals surface area contributed by atoms with Crippen LogP contribution in [0.3, 0.4) is 0 Å². The molecule has 0 aromatic carbocycles. The normalized spacial score (nSPS) is 50.4. The molecule has 0 aromatic heterocycles. The van der Waals surface area contributed by atoms with Crippen LogP contribution in [-0.2, 0) is 0 Å². The highest BCUT2D eigenvalue weighted by atomic mass is 16.3. The van der Waals surface area contributed by atoms with Gasteiger partial charge in [0.25, 0.3) is 0 Å². The van der Waals surface area contributed by atoms with E-state index >= 15 is 0 Å². The van der Waals surface area contributed by atoms with Gasteiger partial charge in [-0.15, -0.1) is 0 Å². The van der Waals surface area contributed by atoms with Gasteiger partial charge in [-0.05, 0) is 31.3 Å². The highest BCUT2D eigenvalue weighted by molar-refractivity contribution is 5.37. The van der Waals surface area contributed by atoms with Gasteiger partial charge >= 0.3 is 0 Å². The first-order valence-electron chi connectivity index (χ1n) is 6.47. The Morgan fingerprint density at radius 2 is 1.94 bits per heavy atom. The molecule has 2 heteroatoms. The summed E-state index contributed by atoms with van der Waals surface area (Å²) in [5, 5.41) is 20.7. The molecule has 1 fully saturated rings. The van der Waals surface area contributed by atoms with Crippen molar-refractivity contribution < 1.29 is 10.2 Å². The average Bonchev–Trinajstić information content (AvgIpc) is 2.47. The van der Waals surface area contributed by atoms with Crippen LogP contribution in [0.4, 0.5) is 0 Å². The zero-order valence-corrected chi connectivity index (χ0v) is 11.3. The molecule has 2 nitrogen and oxygen atoms in total. The SMILES string of the molecule is C=CC1=C(C)[C@]2(C)[C@@H](C)[C@H](O)C[C@]2(C)[C@H](O)C1. The van der Waals surface area contributed by atoms with E-state index in [1.165, 1.54) is 5.57 Å². The molecule has 0 aromatic rings. The monoisotopic (exact) mass is 236 g/mol. The van der Waals surface area contributed by atoms with Crippen LogP contribution in [-0.4, -0.2) is 22.4 Å². The lowest BCUT2D eigenvalue weighted by atomic mass is 9.54. The zero-order chi connectivity index (χ0) is 13.0. The molecule has 0 saturated heterocycles. The summed E-state index contributed by atoms with van der Waals surface area (Å²) in [6.45, 7) is 12.4. The average molecular weight is 236 g/mol. The summed E-state index contributed by atoms with van der Waals surface area (Å²) in [6.07, 6.45) is 2.51. The van der Waals surface area contributed by atoms with Crippen molar-refractivity contribution in [3.05, 3.63) is 23.8 Å². The van der Waals surface area contributed by atoms with Crippen LogP contribution < -0.4 is 0 Å². The van der Waals surface area contributed by atoms with Gasteiger partial charge in [0.1, 0.15) is 0 Å². The molecule has 17 heavy (non-hydrogen) atoms. The number of aliphatic hydroxyl groups excluding tert-OH is 2. The van der Waals surface area contributed by atoms with Crippen molar-refractivity contribution in [2.24, 2.45) is 16.7 Å². The Morgan fingerprint density at radius 1 is 1.35 bits per heavy atom. The van der Waals surface area contributed by atoms with Crippen molar-refractivity contribution in [1.82, 2.24) is 0 Å². The van der Waals surface area contributed by atoms with Gasteiger partial charge in [0.05, 0.1) is 12.2 Å². The molecule has 0 spiro atoms. The molecule has 0 aliphatic heterocycles. The number of rotatable bonds is 1. The fourth-order valence-corrected chi connectivity index (χ4v) is 4.14. The summed E-state index contributed by atoms with van der Waals surface area (Å²) in [4.78, 5) is 0. The van der Waals surface area contributed by atoms with Crippen molar-refractivity contribution in [1.29, 1.82) is 0 Å². The molecule has 0 radical (unpaired) electrons. The Hall–Kier alpha value is -0.600. The molecule has 2 N–H and O–H groups in total. The molecule has 0 amide bonds. The van der Waals surface area contributed by atoms with E-state index < -0.39 is 0 Å². The van der Waals surface area contributed by atoms with Crippen molar-refractivity contribution in [2.75, 3.05) is 0 Å². The van der Waals surface area contributed by atoms with Gasteiger partial charge in [-0.2, -0.15) is 0 Å². The first-order chi connectivity index (χ1) is 7.79. The Kier molecular flexibility index (Phi) is 2.79. The van der Waals surface area contributed by atoms with Gasteiger partial charge in [-0.1, -0.05) is 39.0 Å². The molecule has 1 saturated carbocycles. The fourth-order valence-electron chi connectivity index (χ4n) is 4.14. The third kappa shape index (κ3) is 1.34. The van der Waals surface area contributed by atoms with Gasteiger partial charge in [0.2, 0.25) is 0 Å². The van der Waals surface area contributed by atoms with Crippen molar-refractivity contribution in [2.45, 2.75) is 52.7 Å². The predicted molar refractivity (Wildman–Crippen MR) is 69.5 cm³/mol. The number of hydrogen-bond donors (Lipinski definition) is 2. The topological polar surface area (TPSA) is 40.5 Å². The minimum Gasteiger partial charge on any atom is -0.393 e. The number of aliphatic hydroxyl groups is 2. The first kappa shape index (κ1) is 12.8. The van der Waals surface area contributed by atoms with Crippen LogP contribution in [0.5, 0.6) is 0 Å². The van der Waals surface area contributed by atoms with Gasteiger partial charge in [0.15, 0.2) is 0 Å². The Bertz CT molecular complexity index is 384. The summed E-state index contributed by atoms with van der Waals surface area (Å²) in [5.41, 5.74) is 2.10. The largest absolute Gasteiger partial charge is 0.393 e. The second kappa shape index (κ2) is 3.69. The summed E-state index contributed by atoms with van der Waals surface area (Å²) in [5.74, 6) is 0.178. The third-order valence-electron chi connectivity index (χ3n) is 5.96. The highest BCUT2D eigenvalue weighted by Gasteiger charge is 2.62. The van der Waals surface area contributed by atoms with Crippen molar-refractivity contribution >= 4 is 0 Å². The van der Waals surface area contributed by atoms with E-state index in [1.54, 1.807) is 0 Å². The summed E-state index contributed by atoms with van der Waals surface area (Å²) in [6, 6.07) is 0. The maximum Gasteiger partial charge on any atom is 0.0643 e. The molecule has 5 atom stereocenters. The number of fused-ring (bicyclic) bond motifs is 1. The van der Waals surface area contributed by atoms with E-state index in [-0.39, 0.29) is 29.0 Å². The minimum atomic E-state index is -0.385. The van der Waals surface area contributed by atoms with Crippen LogP contribution in [0.1, 0.15) is 40.5 Å². The van der Waals surface area contributed by atoms with Crippen LogP contribution >= 0.6 is 0 Å². The smallest absolute Gasteiger partial charge is 0.0643 e. The molecule has 0 heterocycles. The number of hydrogen-bond acceptors (Lipinski definition) is 2. The van der Waals surface area contributed by atoms with Gasteiger partial charge < -0.3 is 10.2 Å². The van der Waals surface area contributed by atoms with E-state index in [1.807, 2.05) is 6.08 Å². The Balaban J connectivity index is 2.63. The Morgan fingerprint density at radius 3 is 2.47 bits per heavy atom. The minimum absolute atomic E-state index is 0.131. The van der Waals surface area contributed by atoms with Crippen molar-refractivity contribution in [3.63, 3.8) is 0 Å². The van der Waals surface area contributed by atoms with Crippen LogP contribution in [0.25, 0.3) is 0 Å². The maximum absolute atomic E-state index is 10.5. The summed E-state index contributed by atoms with van der Waals surface area (Å²) < 4.78 is 0. The summed E-state index contributed by atoms with van der Waals surface area (Å²) in [7, 11) is 0. The molecular weight excluding hydrogens is 212 g/mol. The molecule has 2 aliphatic carbocycles. The molecule has 0 bridgehead atoms. The van der Waals surface area contributed by atoms with Crippen LogP contribution in [0, 0.1) is 16.7 Å². The molecule has 0 unspecified atom stereocenters. The van der Waals surface area contributed by atoms with Gasteiger partial charge in [0, 0.05) is 10.8 Å². The first-order valence-corrected chi connectivity index (χ1v) is 6.47. The third-order valence-corrected chi connectivity index (χ3v) is 5.96. The molecular formula is C15H24O2. The number of allylic oxidation sites excluding steroid dienone is 2. The van der Waals surface area contributed by atoms with E-state index in [0.717, 1.165) is 5.57 Å². The van der Waals surface area contributed by atoms with Crippen LogP contribution in [0.15, 0.2) is 23.8 Å². The Labute approximate surface area is 104 Å². The zero-order valence-electron chi connectivity index (χ0n) is 11.3. The predicted octanol–water partition coefficient (Wildman–Crippen LogP) is 2.67. The lowest BCUT2D eigenvalue weighted by Crippen LogP contribution is -2.49. The quantitative estimate of drug-likeness (QED) is 0.735. The van der Waals surface area contributed by atoms with Crippen molar-refractivity contribution in [3.8, 4) is 0 Å². The van der Waals surface area contributed by atoms with Gasteiger partial charge in [-0.25, -0.2) is 0 Å². The molecule has 2 rings (SSSR count). The molecule has 2 aliphatic rings. The standard InChI is InChI=1S/C15H24O2/c1-6-11-7-13(17)14(4)8-12(16)10(3)15(14,5)9(11)2/h6,10,12-13,16-17H,1,7-8H2,2-5H3/t10-,12+,13+,14+,15+/m0/s1. The summed E-state index contributed by atoms with van der Waals surface area (Å²) >= 11 is 0. The van der Waals surface area contributed by atoms with E-state index in [0.29, 0.717) is 12.8 Å². The lowest BCUT2D eigenvalue weighted by Gasteiger charge is -2.51. The second-order valence-electron chi connectivity index (χ2n) is 6.25. The fraction of sp³-hybridized carbons (Fsp3) is 0.733. The highest BCUT2D eigenvalue weighted by Crippen LogP contribution is 2.64. The molecule has 96 valence electrons. The lowest BCUT2D eigenvalue weighted by molar-refractivity contribution is -0.0410. The van der Waals surface area contributed by atoms with E-state index in [4.69, 9.17) is 0 Å². The van der Waals surface area contributed by atoms with Gasteiger partial charge in [-0.3, -0.25) is 0 Å². The second-order valence-corrected chi connectivity index (χ2v) is 6.25. The van der Waals surface area contributed by atoms with E-state index in [9.17, 15) is 10.2 Å². The van der Waals surface area contributed by atoms with E-state index in [2.05, 4.69) is 34.3 Å². The maximum atomic E-state index is 10.5.